The first-order valence-corrected chi connectivity index (χ1v) is 10.5. The lowest BCUT2D eigenvalue weighted by molar-refractivity contribution is 0.197. The molecule has 0 unspecified atom stereocenters. The monoisotopic (exact) mass is 504 g/mol. The minimum Gasteiger partial charge on any atom is -0.410 e. The Balaban J connectivity index is 2.80. The highest BCUT2D eigenvalue weighted by molar-refractivity contribution is 5.74. The lowest BCUT2D eigenvalue weighted by Gasteiger charge is -2.12. The molecule has 0 saturated heterocycles. The van der Waals surface area contributed by atoms with Crippen LogP contribution >= 0.6 is 0 Å². The van der Waals surface area contributed by atoms with Crippen LogP contribution in [0.3, 0.4) is 0 Å². The average molecular weight is 504 g/mol. The summed E-state index contributed by atoms with van der Waals surface area (Å²) in [6, 6.07) is 3.68. The molecule has 0 spiro atoms. The topological polar surface area (TPSA) is 261 Å². The minimum atomic E-state index is -0.843. The summed E-state index contributed by atoms with van der Waals surface area (Å²) < 4.78 is 15.4. The van der Waals surface area contributed by atoms with E-state index in [4.69, 9.17) is 30.8 Å². The summed E-state index contributed by atoms with van der Waals surface area (Å²) in [6.45, 7) is 1.09. The maximum Gasteiger partial charge on any atom is 0.412 e. The molecule has 0 saturated carbocycles. The van der Waals surface area contributed by atoms with Crippen LogP contribution in [-0.4, -0.2) is 57.5 Å². The number of nitrogens with zero attached hydrogens (tertiary/aromatic N) is 9. The molecule has 0 aliphatic heterocycles. The van der Waals surface area contributed by atoms with Crippen LogP contribution in [0.4, 0.5) is 14.4 Å². The van der Waals surface area contributed by atoms with Gasteiger partial charge < -0.3 is 30.2 Å². The van der Waals surface area contributed by atoms with Gasteiger partial charge in [0.25, 0.3) is 0 Å². The van der Waals surface area contributed by atoms with E-state index in [1.807, 2.05) is 0 Å². The second kappa shape index (κ2) is 18.4. The predicted octanol–water partition coefficient (Wildman–Crippen LogP) is 4.05. The van der Waals surface area contributed by atoms with Crippen LogP contribution < -0.4 is 30.2 Å². The average Bonchev–Trinajstić information content (AvgIpc) is 2.83. The van der Waals surface area contributed by atoms with Crippen molar-refractivity contribution in [2.45, 2.75) is 19.3 Å². The molecule has 0 aliphatic rings. The van der Waals surface area contributed by atoms with Crippen LogP contribution in [0, 0.1) is 0 Å². The van der Waals surface area contributed by atoms with Crippen LogP contribution in [0.5, 0.6) is 17.2 Å². The summed E-state index contributed by atoms with van der Waals surface area (Å²) in [5.74, 6) is -0.285. The van der Waals surface area contributed by atoms with E-state index < -0.39 is 18.3 Å². The second-order valence-corrected chi connectivity index (χ2v) is 6.51. The molecule has 1 rings (SSSR count). The minimum absolute atomic E-state index is 0.0950. The zero-order chi connectivity index (χ0) is 26.4. The predicted molar refractivity (Wildman–Crippen MR) is 124 cm³/mol. The Kier molecular flexibility index (Phi) is 14.8. The van der Waals surface area contributed by atoms with Gasteiger partial charge in [-0.05, 0) is 35.9 Å². The number of hydrogen-bond donors (Lipinski definition) is 3. The molecule has 192 valence electrons. The number of ether oxygens (including phenoxy) is 3. The maximum absolute atomic E-state index is 12.0. The van der Waals surface area contributed by atoms with Gasteiger partial charge >= 0.3 is 18.3 Å². The van der Waals surface area contributed by atoms with Crippen LogP contribution in [0.2, 0.25) is 0 Å². The van der Waals surface area contributed by atoms with Crippen LogP contribution in [-0.2, 0) is 0 Å². The Morgan fingerprint density at radius 2 is 0.889 bits per heavy atom. The molecule has 0 aliphatic carbocycles. The van der Waals surface area contributed by atoms with E-state index in [1.54, 1.807) is 0 Å². The number of benzene rings is 1. The molecule has 0 bridgehead atoms. The number of carbonyl (C=O) groups excluding carboxylic acids is 3. The SMILES string of the molecule is [N-]=[N+]=NCCCNC(=O)Oc1cc(OC(=O)NCCCN=[N+]=[N-])cc(OC(=O)NCCCN=[N+]=[N-])c1. The highest BCUT2D eigenvalue weighted by atomic mass is 16.6. The van der Waals surface area contributed by atoms with E-state index >= 15 is 0 Å². The quantitative estimate of drug-likeness (QED) is 0.137. The molecule has 0 atom stereocenters. The number of hydrogen-bond acceptors (Lipinski definition) is 9. The summed E-state index contributed by atoms with van der Waals surface area (Å²) in [5.41, 5.74) is 24.7. The van der Waals surface area contributed by atoms with Gasteiger partial charge in [0.2, 0.25) is 0 Å². The van der Waals surface area contributed by atoms with Crippen molar-refractivity contribution in [2.75, 3.05) is 39.3 Å². The number of nitrogens with one attached hydrogen (secondary N) is 3. The summed E-state index contributed by atoms with van der Waals surface area (Å²) >= 11 is 0. The Morgan fingerprint density at radius 1 is 0.611 bits per heavy atom. The molecule has 1 aromatic rings. The van der Waals surface area contributed by atoms with Crippen molar-refractivity contribution in [1.82, 2.24) is 16.0 Å². The number of carbonyl (C=O) groups is 3. The van der Waals surface area contributed by atoms with Gasteiger partial charge in [0.15, 0.2) is 0 Å². The molecular formula is C18H24N12O6. The van der Waals surface area contributed by atoms with Gasteiger partial charge in [-0.25, -0.2) is 14.4 Å². The van der Waals surface area contributed by atoms with Gasteiger partial charge in [0.05, 0.1) is 0 Å². The fraction of sp³-hybridized carbons (Fsp3) is 0.500. The first-order chi connectivity index (χ1) is 17.5. The molecule has 36 heavy (non-hydrogen) atoms. The molecule has 0 radical (unpaired) electrons. The zero-order valence-electron chi connectivity index (χ0n) is 19.1. The molecule has 18 heteroatoms. The molecule has 3 N–H and O–H groups in total. The molecule has 1 aromatic carbocycles. The highest BCUT2D eigenvalue weighted by Crippen LogP contribution is 2.28. The fourth-order valence-electron chi connectivity index (χ4n) is 2.31. The number of rotatable bonds is 15. The summed E-state index contributed by atoms with van der Waals surface area (Å²) in [5, 5.41) is 17.4. The first kappa shape index (κ1) is 29.0. The Morgan fingerprint density at radius 3 is 1.14 bits per heavy atom. The second-order valence-electron chi connectivity index (χ2n) is 6.51. The summed E-state index contributed by atoms with van der Waals surface area (Å²) in [6.07, 6.45) is -1.37. The smallest absolute Gasteiger partial charge is 0.410 e. The van der Waals surface area contributed by atoms with E-state index in [0.29, 0.717) is 19.3 Å². The van der Waals surface area contributed by atoms with E-state index in [1.165, 1.54) is 18.2 Å². The molecule has 3 amide bonds. The van der Waals surface area contributed by atoms with E-state index in [2.05, 4.69) is 46.0 Å². The van der Waals surface area contributed by atoms with E-state index in [0.717, 1.165) is 0 Å². The van der Waals surface area contributed by atoms with Crippen molar-refractivity contribution in [3.8, 4) is 17.2 Å². The normalized spacial score (nSPS) is 9.33. The van der Waals surface area contributed by atoms with Gasteiger partial charge in [0.1, 0.15) is 17.2 Å². The van der Waals surface area contributed by atoms with Gasteiger partial charge in [-0.15, -0.1) is 0 Å². The van der Waals surface area contributed by atoms with Crippen LogP contribution in [0.15, 0.2) is 33.5 Å². The molecule has 18 nitrogen and oxygen atoms in total. The zero-order valence-corrected chi connectivity index (χ0v) is 19.1. The van der Waals surface area contributed by atoms with Crippen LogP contribution in [0.1, 0.15) is 19.3 Å². The van der Waals surface area contributed by atoms with E-state index in [-0.39, 0.29) is 56.5 Å². The third-order valence-electron chi connectivity index (χ3n) is 3.79. The first-order valence-electron chi connectivity index (χ1n) is 10.5. The Labute approximate surface area is 204 Å². The highest BCUT2D eigenvalue weighted by Gasteiger charge is 2.13. The number of amides is 3. The van der Waals surface area contributed by atoms with Gasteiger partial charge in [0, 0.05) is 72.2 Å². The molecule has 0 aromatic heterocycles. The largest absolute Gasteiger partial charge is 0.412 e. The van der Waals surface area contributed by atoms with Crippen molar-refractivity contribution < 1.29 is 28.6 Å². The molecular weight excluding hydrogens is 480 g/mol. The van der Waals surface area contributed by atoms with Gasteiger partial charge in [-0.3, -0.25) is 0 Å². The van der Waals surface area contributed by atoms with Gasteiger partial charge in [-0.1, -0.05) is 15.3 Å². The fourth-order valence-corrected chi connectivity index (χ4v) is 2.31. The van der Waals surface area contributed by atoms with Crippen molar-refractivity contribution in [3.05, 3.63) is 49.5 Å². The third-order valence-corrected chi connectivity index (χ3v) is 3.79. The Bertz CT molecular complexity index is 891. The van der Waals surface area contributed by atoms with Crippen molar-refractivity contribution in [2.24, 2.45) is 15.3 Å². The summed E-state index contributed by atoms with van der Waals surface area (Å²) in [4.78, 5) is 43.9. The third kappa shape index (κ3) is 14.2. The van der Waals surface area contributed by atoms with Gasteiger partial charge in [-0.2, -0.15) is 0 Å². The lowest BCUT2D eigenvalue weighted by atomic mass is 10.3. The maximum atomic E-state index is 12.0. The van der Waals surface area contributed by atoms with Crippen LogP contribution in [0.25, 0.3) is 31.3 Å². The standard InChI is InChI=1S/C18H24N12O6/c19-28-25-7-1-4-22-16(31)34-13-10-14(35-17(32)23-5-2-8-26-29-20)12-15(11-13)36-18(33)24-6-3-9-27-30-21/h10-12H,1-9H2,(H,22,31)(H,23,32)(H,24,33). The van der Waals surface area contributed by atoms with Crippen molar-refractivity contribution in [3.63, 3.8) is 0 Å². The van der Waals surface area contributed by atoms with Crippen molar-refractivity contribution >= 4 is 18.3 Å². The summed E-state index contributed by atoms with van der Waals surface area (Å²) in [7, 11) is 0. The van der Waals surface area contributed by atoms with E-state index in [9.17, 15) is 14.4 Å². The lowest BCUT2D eigenvalue weighted by Crippen LogP contribution is -2.29. The number of azide groups is 3. The molecule has 0 fully saturated rings. The molecule has 0 heterocycles. The Hall–Kier alpha value is -5.04. The van der Waals surface area contributed by atoms with Crippen molar-refractivity contribution in [1.29, 1.82) is 0 Å².